The Kier molecular flexibility index (Phi) is 5.98. The fourth-order valence-corrected chi connectivity index (χ4v) is 3.48. The molecule has 0 atom stereocenters. The summed E-state index contributed by atoms with van der Waals surface area (Å²) in [5.74, 6) is 0. The van der Waals surface area contributed by atoms with E-state index in [1.165, 1.54) is 29.7 Å². The van der Waals surface area contributed by atoms with Crippen molar-refractivity contribution < 1.29 is 0 Å². The largest absolute Gasteiger partial charge is 0.310 e. The van der Waals surface area contributed by atoms with Gasteiger partial charge in [0.1, 0.15) is 0 Å². The molecule has 0 radical (unpaired) electrons. The van der Waals surface area contributed by atoms with Gasteiger partial charge in [-0.15, -0.1) is 0 Å². The molecule has 1 aliphatic carbocycles. The molecule has 0 heterocycles. The van der Waals surface area contributed by atoms with E-state index in [1.807, 2.05) is 13.8 Å². The molecule has 1 nitrogen and oxygen atoms in total. The lowest BCUT2D eigenvalue weighted by Crippen LogP contribution is -2.13. The molecular formula is C22H21Br2N. The van der Waals surface area contributed by atoms with Gasteiger partial charge in [-0.05, 0) is 84.6 Å². The molecule has 3 aromatic carbocycles. The highest BCUT2D eigenvalue weighted by atomic mass is 79.9. The van der Waals surface area contributed by atoms with Gasteiger partial charge < -0.3 is 4.90 Å². The van der Waals surface area contributed by atoms with Crippen LogP contribution >= 0.6 is 31.9 Å². The molecule has 0 aromatic heterocycles. The highest BCUT2D eigenvalue weighted by Crippen LogP contribution is 2.38. The fourth-order valence-electron chi connectivity index (χ4n) is 2.95. The lowest BCUT2D eigenvalue weighted by Gasteiger charge is -2.28. The van der Waals surface area contributed by atoms with Gasteiger partial charge in [-0.25, -0.2) is 0 Å². The zero-order chi connectivity index (χ0) is 17.8. The molecule has 3 heteroatoms. The van der Waals surface area contributed by atoms with Gasteiger partial charge in [0.25, 0.3) is 0 Å². The highest BCUT2D eigenvalue weighted by Gasteiger charge is 2.17. The molecule has 1 aliphatic rings. The summed E-state index contributed by atoms with van der Waals surface area (Å²) in [4.78, 5) is 2.30. The Hall–Kier alpha value is -1.58. The Morgan fingerprint density at radius 1 is 0.600 bits per heavy atom. The average Bonchev–Trinajstić information content (AvgIpc) is 2.62. The average molecular weight is 459 g/mol. The van der Waals surface area contributed by atoms with Crippen molar-refractivity contribution in [2.24, 2.45) is 0 Å². The van der Waals surface area contributed by atoms with Crippen molar-refractivity contribution >= 4 is 48.9 Å². The summed E-state index contributed by atoms with van der Waals surface area (Å²) in [7, 11) is 0. The number of nitrogens with zero attached hydrogens (tertiary/aromatic N) is 1. The van der Waals surface area contributed by atoms with Crippen LogP contribution in [0.3, 0.4) is 0 Å². The zero-order valence-corrected chi connectivity index (χ0v) is 17.6. The van der Waals surface area contributed by atoms with Crippen LogP contribution in [0.1, 0.15) is 25.0 Å². The van der Waals surface area contributed by atoms with Crippen LogP contribution in [-0.4, -0.2) is 0 Å². The Bertz CT molecular complexity index is 793. The molecule has 128 valence electrons. The van der Waals surface area contributed by atoms with Gasteiger partial charge in [0.05, 0.1) is 0 Å². The smallest absolute Gasteiger partial charge is 0.0464 e. The number of anilines is 3. The minimum absolute atomic E-state index is 1.09. The molecule has 4 rings (SSSR count). The molecule has 25 heavy (non-hydrogen) atoms. The monoisotopic (exact) mass is 457 g/mol. The van der Waals surface area contributed by atoms with Crippen LogP contribution in [0.4, 0.5) is 17.1 Å². The summed E-state index contributed by atoms with van der Waals surface area (Å²) in [6, 6.07) is 23.7. The first-order valence-electron chi connectivity index (χ1n) is 8.64. The van der Waals surface area contributed by atoms with Gasteiger partial charge in [0, 0.05) is 26.0 Å². The van der Waals surface area contributed by atoms with Crippen LogP contribution in [0.25, 0.3) is 0 Å². The minimum Gasteiger partial charge on any atom is -0.310 e. The van der Waals surface area contributed by atoms with Gasteiger partial charge in [-0.2, -0.15) is 0 Å². The second-order valence-corrected chi connectivity index (χ2v) is 7.57. The second-order valence-electron chi connectivity index (χ2n) is 5.74. The van der Waals surface area contributed by atoms with Gasteiger partial charge >= 0.3 is 0 Å². The second kappa shape index (κ2) is 8.20. The van der Waals surface area contributed by atoms with E-state index >= 15 is 0 Å². The van der Waals surface area contributed by atoms with Crippen molar-refractivity contribution in [3.05, 3.63) is 86.8 Å². The minimum atomic E-state index is 1.09. The van der Waals surface area contributed by atoms with E-state index in [1.54, 1.807) is 0 Å². The van der Waals surface area contributed by atoms with Crippen molar-refractivity contribution in [2.45, 2.75) is 26.7 Å². The molecular weight excluding hydrogens is 438 g/mol. The summed E-state index contributed by atoms with van der Waals surface area (Å²) >= 11 is 7.04. The Labute approximate surface area is 167 Å². The Balaban J connectivity index is 0.000000880. The molecule has 0 bridgehead atoms. The van der Waals surface area contributed by atoms with E-state index in [0.29, 0.717) is 0 Å². The van der Waals surface area contributed by atoms with Crippen molar-refractivity contribution in [1.29, 1.82) is 0 Å². The van der Waals surface area contributed by atoms with Crippen LogP contribution in [0, 0.1) is 0 Å². The maximum absolute atomic E-state index is 3.52. The zero-order valence-electron chi connectivity index (χ0n) is 14.5. The SMILES string of the molecule is Brc1ccc(N(c2ccc(Br)cc2)c2ccc3c(c2)CC3)cc1.CC. The first-order valence-corrected chi connectivity index (χ1v) is 10.2. The van der Waals surface area contributed by atoms with Crippen LogP contribution in [0.2, 0.25) is 0 Å². The highest BCUT2D eigenvalue weighted by molar-refractivity contribution is 9.10. The standard InChI is InChI=1S/C20H15Br2N.C2H6/c21-16-4-9-18(10-5-16)23(19-11-6-17(22)7-12-19)20-8-3-14-1-2-15(14)13-20;1-2/h3-13H,1-2H2;1-2H3. The van der Waals surface area contributed by atoms with Crippen molar-refractivity contribution in [3.8, 4) is 0 Å². The van der Waals surface area contributed by atoms with E-state index < -0.39 is 0 Å². The predicted octanol–water partition coefficient (Wildman–Crippen LogP) is 7.81. The maximum atomic E-state index is 3.52. The molecule has 3 aromatic rings. The molecule has 0 N–H and O–H groups in total. The van der Waals surface area contributed by atoms with E-state index in [-0.39, 0.29) is 0 Å². The van der Waals surface area contributed by atoms with Crippen LogP contribution < -0.4 is 4.90 Å². The lowest BCUT2D eigenvalue weighted by molar-refractivity contribution is 0.839. The van der Waals surface area contributed by atoms with Gasteiger partial charge in [-0.1, -0.05) is 51.8 Å². The number of halogens is 2. The third-order valence-electron chi connectivity index (χ3n) is 4.28. The van der Waals surface area contributed by atoms with Crippen molar-refractivity contribution in [3.63, 3.8) is 0 Å². The predicted molar refractivity (Wildman–Crippen MR) is 115 cm³/mol. The number of aryl methyl sites for hydroxylation is 2. The molecule has 0 amide bonds. The van der Waals surface area contributed by atoms with Crippen LogP contribution in [0.5, 0.6) is 0 Å². The molecule has 0 unspecified atom stereocenters. The molecule has 0 spiro atoms. The summed E-state index contributed by atoms with van der Waals surface area (Å²) in [6.45, 7) is 4.00. The molecule has 0 fully saturated rings. The number of hydrogen-bond acceptors (Lipinski definition) is 1. The first kappa shape index (κ1) is 18.2. The Morgan fingerprint density at radius 2 is 1.04 bits per heavy atom. The van der Waals surface area contributed by atoms with Crippen molar-refractivity contribution in [1.82, 2.24) is 0 Å². The van der Waals surface area contributed by atoms with Crippen LogP contribution in [-0.2, 0) is 12.8 Å². The van der Waals surface area contributed by atoms with Crippen LogP contribution in [0.15, 0.2) is 75.7 Å². The normalized spacial score (nSPS) is 11.7. The van der Waals surface area contributed by atoms with Gasteiger partial charge in [-0.3, -0.25) is 0 Å². The number of hydrogen-bond donors (Lipinski definition) is 0. The third kappa shape index (κ3) is 3.99. The quantitative estimate of drug-likeness (QED) is 0.386. The van der Waals surface area contributed by atoms with E-state index in [0.717, 1.165) is 20.3 Å². The molecule has 0 aliphatic heterocycles. The summed E-state index contributed by atoms with van der Waals surface area (Å²) in [5.41, 5.74) is 6.50. The van der Waals surface area contributed by atoms with E-state index in [4.69, 9.17) is 0 Å². The fraction of sp³-hybridized carbons (Fsp3) is 0.182. The maximum Gasteiger partial charge on any atom is 0.0464 e. The molecule has 0 saturated heterocycles. The van der Waals surface area contributed by atoms with Gasteiger partial charge in [0.15, 0.2) is 0 Å². The molecule has 0 saturated carbocycles. The number of rotatable bonds is 3. The number of benzene rings is 3. The number of fused-ring (bicyclic) bond motifs is 1. The van der Waals surface area contributed by atoms with Crippen molar-refractivity contribution in [2.75, 3.05) is 4.90 Å². The summed E-state index contributed by atoms with van der Waals surface area (Å²) < 4.78 is 2.18. The third-order valence-corrected chi connectivity index (χ3v) is 5.34. The Morgan fingerprint density at radius 3 is 1.44 bits per heavy atom. The van der Waals surface area contributed by atoms with E-state index in [2.05, 4.69) is 103 Å². The van der Waals surface area contributed by atoms with Gasteiger partial charge in [0.2, 0.25) is 0 Å². The summed E-state index contributed by atoms with van der Waals surface area (Å²) in [6.07, 6.45) is 2.41. The van der Waals surface area contributed by atoms with E-state index in [9.17, 15) is 0 Å². The topological polar surface area (TPSA) is 3.24 Å². The first-order chi connectivity index (χ1) is 12.2. The lowest BCUT2D eigenvalue weighted by atomic mass is 9.88. The summed E-state index contributed by atoms with van der Waals surface area (Å²) in [5, 5.41) is 0.